The van der Waals surface area contributed by atoms with E-state index in [-0.39, 0.29) is 11.8 Å². The molecule has 0 fully saturated rings. The van der Waals surface area contributed by atoms with Gasteiger partial charge in [0.05, 0.1) is 0 Å². The van der Waals surface area contributed by atoms with Crippen molar-refractivity contribution in [1.82, 2.24) is 0 Å². The summed E-state index contributed by atoms with van der Waals surface area (Å²) in [6.45, 7) is 2.23. The van der Waals surface area contributed by atoms with Crippen LogP contribution < -0.4 is 5.73 Å². The SMILES string of the molecule is Cc1cc(C2c3ccccc3CCc3ccccc32)c(N)c(C2c3ccccc3CCc3ccccc32)c1. The zero-order chi connectivity index (χ0) is 25.6. The smallest absolute Gasteiger partial charge is 0.0398 e. The molecule has 0 heterocycles. The molecule has 0 saturated heterocycles. The first-order chi connectivity index (χ1) is 18.7. The topological polar surface area (TPSA) is 26.0 Å². The number of hydrogen-bond donors (Lipinski definition) is 1. The molecule has 0 spiro atoms. The van der Waals surface area contributed by atoms with E-state index in [1.807, 2.05) is 0 Å². The summed E-state index contributed by atoms with van der Waals surface area (Å²) in [6.07, 6.45) is 4.24. The van der Waals surface area contributed by atoms with Gasteiger partial charge in [0, 0.05) is 17.5 Å². The summed E-state index contributed by atoms with van der Waals surface area (Å²) in [5.74, 6) is 0.250. The lowest BCUT2D eigenvalue weighted by atomic mass is 9.76. The fourth-order valence-corrected chi connectivity index (χ4v) is 7.05. The van der Waals surface area contributed by atoms with Gasteiger partial charge in [-0.2, -0.15) is 0 Å². The standard InChI is InChI=1S/C37H33N/c1-24-22-33(35-29-14-6-2-10-25(29)18-19-26-11-3-7-15-30(26)35)37(38)34(23-24)36-31-16-8-4-12-27(31)20-21-28-13-5-9-17-32(28)36/h2-17,22-23,35-36H,18-21,38H2,1H3. The highest BCUT2D eigenvalue weighted by molar-refractivity contribution is 5.68. The van der Waals surface area contributed by atoms with E-state index in [4.69, 9.17) is 5.73 Å². The van der Waals surface area contributed by atoms with Crippen molar-refractivity contribution in [3.8, 4) is 0 Å². The lowest BCUT2D eigenvalue weighted by Crippen LogP contribution is -2.14. The first-order valence-corrected chi connectivity index (χ1v) is 13.9. The molecule has 1 heteroatoms. The predicted octanol–water partition coefficient (Wildman–Crippen LogP) is 8.13. The average molecular weight is 492 g/mol. The summed E-state index contributed by atoms with van der Waals surface area (Å²) in [5, 5.41) is 0. The number of fused-ring (bicyclic) bond motifs is 4. The second kappa shape index (κ2) is 9.33. The summed E-state index contributed by atoms with van der Waals surface area (Å²) >= 11 is 0. The highest BCUT2D eigenvalue weighted by Gasteiger charge is 2.31. The van der Waals surface area contributed by atoms with Gasteiger partial charge in [-0.3, -0.25) is 0 Å². The average Bonchev–Trinajstić information content (AvgIpc) is 3.22. The lowest BCUT2D eigenvalue weighted by Gasteiger charge is -2.28. The number of nitrogens with two attached hydrogens (primary N) is 1. The Hall–Kier alpha value is -4.10. The van der Waals surface area contributed by atoms with E-state index in [9.17, 15) is 0 Å². The monoisotopic (exact) mass is 491 g/mol. The molecule has 38 heavy (non-hydrogen) atoms. The third-order valence-electron chi connectivity index (χ3n) is 8.80. The van der Waals surface area contributed by atoms with Gasteiger partial charge in [-0.25, -0.2) is 0 Å². The van der Waals surface area contributed by atoms with E-state index in [2.05, 4.69) is 116 Å². The van der Waals surface area contributed by atoms with E-state index < -0.39 is 0 Å². The molecule has 0 saturated carbocycles. The summed E-state index contributed by atoms with van der Waals surface area (Å²) in [5.41, 5.74) is 23.3. The van der Waals surface area contributed by atoms with Gasteiger partial charge in [0.1, 0.15) is 0 Å². The van der Waals surface area contributed by atoms with Crippen molar-refractivity contribution in [2.24, 2.45) is 0 Å². The van der Waals surface area contributed by atoms with Crippen molar-refractivity contribution in [2.45, 2.75) is 44.4 Å². The van der Waals surface area contributed by atoms with Crippen LogP contribution in [0.5, 0.6) is 0 Å². The van der Waals surface area contributed by atoms with Crippen LogP contribution in [-0.2, 0) is 25.7 Å². The van der Waals surface area contributed by atoms with Crippen molar-refractivity contribution in [3.05, 3.63) is 170 Å². The van der Waals surface area contributed by atoms with Crippen LogP contribution in [0.3, 0.4) is 0 Å². The fourth-order valence-electron chi connectivity index (χ4n) is 7.05. The minimum absolute atomic E-state index is 0.125. The van der Waals surface area contributed by atoms with Crippen LogP contribution in [0, 0.1) is 6.92 Å². The van der Waals surface area contributed by atoms with E-state index >= 15 is 0 Å². The van der Waals surface area contributed by atoms with Crippen LogP contribution in [0.2, 0.25) is 0 Å². The molecule has 0 atom stereocenters. The maximum Gasteiger partial charge on any atom is 0.0398 e. The molecule has 0 radical (unpaired) electrons. The Balaban J connectivity index is 1.50. The maximum atomic E-state index is 7.34. The largest absolute Gasteiger partial charge is 0.398 e. The number of benzene rings is 5. The molecule has 0 aliphatic heterocycles. The Labute approximate surface area is 226 Å². The molecule has 7 rings (SSSR count). The molecule has 2 N–H and O–H groups in total. The molecule has 2 aliphatic rings. The van der Waals surface area contributed by atoms with Crippen molar-refractivity contribution < 1.29 is 0 Å². The Morgan fingerprint density at radius 3 is 1.05 bits per heavy atom. The highest BCUT2D eigenvalue weighted by atomic mass is 14.6. The quantitative estimate of drug-likeness (QED) is 0.248. The molecule has 0 unspecified atom stereocenters. The minimum Gasteiger partial charge on any atom is -0.398 e. The Kier molecular flexibility index (Phi) is 5.66. The first kappa shape index (κ1) is 23.0. The number of nitrogen functional groups attached to an aromatic ring is 1. The van der Waals surface area contributed by atoms with Crippen molar-refractivity contribution in [2.75, 3.05) is 5.73 Å². The van der Waals surface area contributed by atoms with Gasteiger partial charge in [-0.1, -0.05) is 115 Å². The van der Waals surface area contributed by atoms with E-state index in [0.717, 1.165) is 31.4 Å². The van der Waals surface area contributed by atoms with Gasteiger partial charge in [-0.05, 0) is 88.2 Å². The second-order valence-corrected chi connectivity index (χ2v) is 11.0. The number of aryl methyl sites for hydroxylation is 5. The van der Waals surface area contributed by atoms with Gasteiger partial charge in [-0.15, -0.1) is 0 Å². The summed E-state index contributed by atoms with van der Waals surface area (Å²) < 4.78 is 0. The summed E-state index contributed by atoms with van der Waals surface area (Å²) in [6, 6.07) is 40.6. The van der Waals surface area contributed by atoms with Crippen LogP contribution in [0.4, 0.5) is 5.69 Å². The summed E-state index contributed by atoms with van der Waals surface area (Å²) in [4.78, 5) is 0. The Morgan fingerprint density at radius 2 is 0.737 bits per heavy atom. The van der Waals surface area contributed by atoms with E-state index in [1.165, 1.54) is 61.2 Å². The number of anilines is 1. The van der Waals surface area contributed by atoms with Crippen molar-refractivity contribution >= 4 is 5.69 Å². The minimum atomic E-state index is 0.125. The molecule has 5 aromatic carbocycles. The highest BCUT2D eigenvalue weighted by Crippen LogP contribution is 2.47. The van der Waals surface area contributed by atoms with Crippen LogP contribution in [0.15, 0.2) is 109 Å². The van der Waals surface area contributed by atoms with Crippen LogP contribution >= 0.6 is 0 Å². The second-order valence-electron chi connectivity index (χ2n) is 11.0. The summed E-state index contributed by atoms with van der Waals surface area (Å²) in [7, 11) is 0. The van der Waals surface area contributed by atoms with Crippen molar-refractivity contribution in [1.29, 1.82) is 0 Å². The van der Waals surface area contributed by atoms with E-state index in [1.54, 1.807) is 0 Å². The third-order valence-corrected chi connectivity index (χ3v) is 8.80. The molecule has 0 amide bonds. The van der Waals surface area contributed by atoms with Gasteiger partial charge < -0.3 is 5.73 Å². The van der Waals surface area contributed by atoms with Gasteiger partial charge in [0.2, 0.25) is 0 Å². The van der Waals surface area contributed by atoms with Gasteiger partial charge in [0.25, 0.3) is 0 Å². The third kappa shape index (κ3) is 3.77. The Bertz CT molecular complexity index is 1440. The molecule has 0 bridgehead atoms. The predicted molar refractivity (Wildman–Crippen MR) is 158 cm³/mol. The molecule has 0 aromatic heterocycles. The number of hydrogen-bond acceptors (Lipinski definition) is 1. The Morgan fingerprint density at radius 1 is 0.447 bits per heavy atom. The van der Waals surface area contributed by atoms with Gasteiger partial charge >= 0.3 is 0 Å². The molecular formula is C37H33N. The van der Waals surface area contributed by atoms with E-state index in [0.29, 0.717) is 0 Å². The molecule has 186 valence electrons. The zero-order valence-electron chi connectivity index (χ0n) is 22.0. The maximum absolute atomic E-state index is 7.34. The van der Waals surface area contributed by atoms with Crippen LogP contribution in [0.25, 0.3) is 0 Å². The van der Waals surface area contributed by atoms with Crippen molar-refractivity contribution in [3.63, 3.8) is 0 Å². The molecule has 5 aromatic rings. The van der Waals surface area contributed by atoms with Gasteiger partial charge in [0.15, 0.2) is 0 Å². The van der Waals surface area contributed by atoms with Crippen LogP contribution in [-0.4, -0.2) is 0 Å². The molecule has 2 aliphatic carbocycles. The zero-order valence-corrected chi connectivity index (χ0v) is 22.0. The van der Waals surface area contributed by atoms with Crippen LogP contribution in [0.1, 0.15) is 73.0 Å². The first-order valence-electron chi connectivity index (χ1n) is 13.9. The number of rotatable bonds is 2. The fraction of sp³-hybridized carbons (Fsp3) is 0.189. The lowest BCUT2D eigenvalue weighted by molar-refractivity contribution is 0.932. The molecular weight excluding hydrogens is 458 g/mol. The normalized spacial score (nSPS) is 15.0. The molecule has 1 nitrogen and oxygen atoms in total.